The van der Waals surface area contributed by atoms with Crippen molar-refractivity contribution in [3.63, 3.8) is 0 Å². The van der Waals surface area contributed by atoms with E-state index in [0.29, 0.717) is 6.54 Å². The second kappa shape index (κ2) is 8.09. The summed E-state index contributed by atoms with van der Waals surface area (Å²) < 4.78 is 9.89. The van der Waals surface area contributed by atoms with E-state index in [2.05, 4.69) is 10.6 Å². The molecular weight excluding hydrogens is 260 g/mol. The molecule has 6 heteroatoms. The minimum absolute atomic E-state index is 0.0750. The smallest absolute Gasteiger partial charge is 0.407 e. The molecular formula is C14H28N2O4. The van der Waals surface area contributed by atoms with Gasteiger partial charge in [0.2, 0.25) is 0 Å². The summed E-state index contributed by atoms with van der Waals surface area (Å²) in [6.07, 6.45) is -0.467. The molecule has 0 aromatic heterocycles. The summed E-state index contributed by atoms with van der Waals surface area (Å²) in [5, 5.41) is 5.80. The third kappa shape index (κ3) is 7.99. The fourth-order valence-electron chi connectivity index (χ4n) is 1.58. The Morgan fingerprint density at radius 2 is 1.70 bits per heavy atom. The highest BCUT2D eigenvalue weighted by atomic mass is 16.6. The first-order valence-electron chi connectivity index (χ1n) is 6.87. The number of methoxy groups -OCH3 is 1. The van der Waals surface area contributed by atoms with Crippen LogP contribution < -0.4 is 10.6 Å². The van der Waals surface area contributed by atoms with Gasteiger partial charge in [0.1, 0.15) is 11.6 Å². The Hall–Kier alpha value is -1.30. The van der Waals surface area contributed by atoms with Gasteiger partial charge in [0, 0.05) is 12.6 Å². The Morgan fingerprint density at radius 1 is 1.15 bits per heavy atom. The van der Waals surface area contributed by atoms with Crippen molar-refractivity contribution < 1.29 is 19.1 Å². The highest BCUT2D eigenvalue weighted by Gasteiger charge is 2.24. The van der Waals surface area contributed by atoms with Gasteiger partial charge in [-0.15, -0.1) is 0 Å². The standard InChI is InChI=1S/C14H28N2O4/c1-9(2)11(12(17)19-7)16-10(3)8-15-13(18)20-14(4,5)6/h9-11,16H,8H2,1-7H3,(H,15,18)/t10?,11-/m0/s1. The first-order valence-corrected chi connectivity index (χ1v) is 6.87. The summed E-state index contributed by atoms with van der Waals surface area (Å²) in [5.74, 6) is -0.199. The normalized spacial score (nSPS) is 14.6. The fraction of sp³-hybridized carbons (Fsp3) is 0.857. The molecule has 0 aromatic rings. The largest absolute Gasteiger partial charge is 0.468 e. The van der Waals surface area contributed by atoms with Crippen molar-refractivity contribution in [1.29, 1.82) is 0 Å². The monoisotopic (exact) mass is 288 g/mol. The molecule has 0 aliphatic heterocycles. The first kappa shape index (κ1) is 18.7. The number of ether oxygens (including phenoxy) is 2. The van der Waals surface area contributed by atoms with E-state index in [1.807, 2.05) is 20.8 Å². The molecule has 1 amide bonds. The molecule has 1 unspecified atom stereocenters. The predicted octanol–water partition coefficient (Wildman–Crippen LogP) is 1.69. The molecule has 0 aliphatic carbocycles. The molecule has 0 aliphatic rings. The number of alkyl carbamates (subject to hydrolysis) is 1. The highest BCUT2D eigenvalue weighted by Crippen LogP contribution is 2.07. The molecule has 0 heterocycles. The summed E-state index contributed by atoms with van der Waals surface area (Å²) in [4.78, 5) is 23.1. The van der Waals surface area contributed by atoms with Crippen molar-refractivity contribution in [2.45, 2.75) is 59.2 Å². The van der Waals surface area contributed by atoms with Crippen molar-refractivity contribution in [2.24, 2.45) is 5.92 Å². The molecule has 0 fully saturated rings. The van der Waals surface area contributed by atoms with Crippen molar-refractivity contribution in [3.05, 3.63) is 0 Å². The van der Waals surface area contributed by atoms with E-state index in [0.717, 1.165) is 0 Å². The Bertz CT molecular complexity index is 324. The predicted molar refractivity (Wildman–Crippen MR) is 77.5 cm³/mol. The summed E-state index contributed by atoms with van der Waals surface area (Å²) in [5.41, 5.74) is -0.521. The van der Waals surface area contributed by atoms with E-state index in [1.165, 1.54) is 7.11 Å². The van der Waals surface area contributed by atoms with Crippen molar-refractivity contribution in [1.82, 2.24) is 10.6 Å². The number of carbonyl (C=O) groups is 2. The molecule has 2 N–H and O–H groups in total. The number of amides is 1. The molecule has 0 saturated heterocycles. The van der Waals surface area contributed by atoms with E-state index < -0.39 is 17.7 Å². The van der Waals surface area contributed by atoms with Gasteiger partial charge in [-0.25, -0.2) is 4.79 Å². The van der Waals surface area contributed by atoms with Gasteiger partial charge in [0.05, 0.1) is 7.11 Å². The Kier molecular flexibility index (Phi) is 7.57. The number of carbonyl (C=O) groups excluding carboxylic acids is 2. The lowest BCUT2D eigenvalue weighted by atomic mass is 10.0. The van der Waals surface area contributed by atoms with Crippen LogP contribution in [0.1, 0.15) is 41.5 Å². The maximum Gasteiger partial charge on any atom is 0.407 e. The van der Waals surface area contributed by atoms with Crippen molar-refractivity contribution in [3.8, 4) is 0 Å². The lowest BCUT2D eigenvalue weighted by Crippen LogP contribution is -2.50. The van der Waals surface area contributed by atoms with Crippen molar-refractivity contribution >= 4 is 12.1 Å². The van der Waals surface area contributed by atoms with Crippen LogP contribution in [-0.4, -0.2) is 43.4 Å². The van der Waals surface area contributed by atoms with Crippen LogP contribution in [0.5, 0.6) is 0 Å². The van der Waals surface area contributed by atoms with Gasteiger partial charge in [-0.2, -0.15) is 0 Å². The van der Waals surface area contributed by atoms with E-state index in [9.17, 15) is 9.59 Å². The molecule has 0 saturated carbocycles. The average molecular weight is 288 g/mol. The summed E-state index contributed by atoms with van der Waals surface area (Å²) in [6.45, 7) is 11.5. The van der Waals surface area contributed by atoms with Gasteiger partial charge >= 0.3 is 12.1 Å². The van der Waals surface area contributed by atoms with Gasteiger partial charge in [-0.3, -0.25) is 10.1 Å². The zero-order valence-corrected chi connectivity index (χ0v) is 13.6. The maximum absolute atomic E-state index is 11.6. The van der Waals surface area contributed by atoms with E-state index in [-0.39, 0.29) is 17.9 Å². The summed E-state index contributed by atoms with van der Waals surface area (Å²) >= 11 is 0. The SMILES string of the molecule is COC(=O)[C@@H](NC(C)CNC(=O)OC(C)(C)C)C(C)C. The summed E-state index contributed by atoms with van der Waals surface area (Å²) in [7, 11) is 1.36. The second-order valence-electron chi connectivity index (χ2n) is 6.20. The molecule has 6 nitrogen and oxygen atoms in total. The van der Waals surface area contributed by atoms with Crippen LogP contribution in [0.2, 0.25) is 0 Å². The van der Waals surface area contributed by atoms with Crippen LogP contribution in [0.15, 0.2) is 0 Å². The number of esters is 1. The van der Waals surface area contributed by atoms with Crippen LogP contribution in [0.3, 0.4) is 0 Å². The molecule has 0 aromatic carbocycles. The quantitative estimate of drug-likeness (QED) is 0.727. The molecule has 2 atom stereocenters. The molecule has 20 heavy (non-hydrogen) atoms. The van der Waals surface area contributed by atoms with Crippen molar-refractivity contribution in [2.75, 3.05) is 13.7 Å². The number of hydrogen-bond acceptors (Lipinski definition) is 5. The molecule has 118 valence electrons. The number of nitrogens with one attached hydrogen (secondary N) is 2. The second-order valence-corrected chi connectivity index (χ2v) is 6.20. The zero-order chi connectivity index (χ0) is 15.9. The lowest BCUT2D eigenvalue weighted by molar-refractivity contribution is -0.144. The molecule has 0 bridgehead atoms. The zero-order valence-electron chi connectivity index (χ0n) is 13.6. The fourth-order valence-corrected chi connectivity index (χ4v) is 1.58. The molecule has 0 spiro atoms. The van der Waals surface area contributed by atoms with E-state index in [4.69, 9.17) is 9.47 Å². The van der Waals surface area contributed by atoms with Gasteiger partial charge in [-0.05, 0) is 33.6 Å². The van der Waals surface area contributed by atoms with Gasteiger partial charge in [0.15, 0.2) is 0 Å². The molecule has 0 rings (SSSR count). The third-order valence-electron chi connectivity index (χ3n) is 2.54. The number of rotatable bonds is 6. The van der Waals surface area contributed by atoms with E-state index in [1.54, 1.807) is 20.8 Å². The minimum Gasteiger partial charge on any atom is -0.468 e. The average Bonchev–Trinajstić information content (AvgIpc) is 2.30. The maximum atomic E-state index is 11.6. The van der Waals surface area contributed by atoms with Crippen LogP contribution in [0.25, 0.3) is 0 Å². The molecule has 0 radical (unpaired) electrons. The van der Waals surface area contributed by atoms with Gasteiger partial charge in [-0.1, -0.05) is 13.8 Å². The Labute approximate surface area is 121 Å². The van der Waals surface area contributed by atoms with Crippen LogP contribution in [-0.2, 0) is 14.3 Å². The van der Waals surface area contributed by atoms with Crippen LogP contribution in [0, 0.1) is 5.92 Å². The first-order chi connectivity index (χ1) is 9.06. The Balaban J connectivity index is 4.24. The van der Waals surface area contributed by atoms with Crippen LogP contribution in [0.4, 0.5) is 4.79 Å². The third-order valence-corrected chi connectivity index (χ3v) is 2.54. The van der Waals surface area contributed by atoms with E-state index >= 15 is 0 Å². The van der Waals surface area contributed by atoms with Gasteiger partial charge < -0.3 is 14.8 Å². The highest BCUT2D eigenvalue weighted by molar-refractivity contribution is 5.76. The van der Waals surface area contributed by atoms with Gasteiger partial charge in [0.25, 0.3) is 0 Å². The summed E-state index contributed by atoms with van der Waals surface area (Å²) in [6, 6.07) is -0.468. The number of hydrogen-bond donors (Lipinski definition) is 2. The van der Waals surface area contributed by atoms with Crippen LogP contribution >= 0.6 is 0 Å². The lowest BCUT2D eigenvalue weighted by Gasteiger charge is -2.25. The minimum atomic E-state index is -0.521. The Morgan fingerprint density at radius 3 is 2.10 bits per heavy atom. The topological polar surface area (TPSA) is 76.7 Å².